The lowest BCUT2D eigenvalue weighted by atomic mass is 9.65. The number of imide groups is 1. The summed E-state index contributed by atoms with van der Waals surface area (Å²) in [4.78, 5) is 28.9. The Hall–Kier alpha value is -2.75. The molecular weight excluding hydrogens is 392 g/mol. The van der Waals surface area contributed by atoms with Gasteiger partial charge in [-0.3, -0.25) is 9.59 Å². The standard InChI is InChI=1S/C25H26N2O4/c1-2-3-10-24-11-12-25(31-24,13-14-28)21-20(24)22(29)27(23(21)30)19-9-8-16(15-26)17-6-4-5-7-18(17)19/h4-9,20-21,28H,2-3,10-14H2,1H3/t20-,21+,24?,25?/m1/s1. The third-order valence-corrected chi connectivity index (χ3v) is 7.57. The van der Waals surface area contributed by atoms with Gasteiger partial charge in [0.05, 0.1) is 40.4 Å². The van der Waals surface area contributed by atoms with Gasteiger partial charge in [-0.05, 0) is 31.4 Å². The zero-order chi connectivity index (χ0) is 21.8. The molecule has 2 bridgehead atoms. The molecule has 3 saturated heterocycles. The Balaban J connectivity index is 1.64. The number of fused-ring (bicyclic) bond motifs is 6. The second-order valence-electron chi connectivity index (χ2n) is 9.07. The molecule has 3 aliphatic rings. The number of rotatable bonds is 6. The predicted molar refractivity (Wildman–Crippen MR) is 115 cm³/mol. The van der Waals surface area contributed by atoms with Crippen molar-refractivity contribution in [3.63, 3.8) is 0 Å². The number of aliphatic hydroxyl groups is 1. The number of anilines is 1. The van der Waals surface area contributed by atoms with E-state index in [2.05, 4.69) is 13.0 Å². The minimum absolute atomic E-state index is 0.0751. The van der Waals surface area contributed by atoms with Crippen molar-refractivity contribution in [3.8, 4) is 6.07 Å². The van der Waals surface area contributed by atoms with Gasteiger partial charge in [-0.25, -0.2) is 4.90 Å². The number of ether oxygens (including phenoxy) is 1. The highest BCUT2D eigenvalue weighted by Gasteiger charge is 2.74. The van der Waals surface area contributed by atoms with Crippen molar-refractivity contribution in [2.24, 2.45) is 11.8 Å². The summed E-state index contributed by atoms with van der Waals surface area (Å²) in [5, 5.41) is 20.7. The van der Waals surface area contributed by atoms with Crippen LogP contribution < -0.4 is 4.90 Å². The second kappa shape index (κ2) is 7.15. The summed E-state index contributed by atoms with van der Waals surface area (Å²) < 4.78 is 6.53. The normalized spacial score (nSPS) is 31.5. The quantitative estimate of drug-likeness (QED) is 0.723. The monoisotopic (exact) mass is 418 g/mol. The summed E-state index contributed by atoms with van der Waals surface area (Å²) in [6.45, 7) is 2.03. The molecule has 2 aromatic rings. The summed E-state index contributed by atoms with van der Waals surface area (Å²) in [5.41, 5.74) is -0.349. The van der Waals surface area contributed by atoms with Gasteiger partial charge in [-0.1, -0.05) is 44.0 Å². The van der Waals surface area contributed by atoms with E-state index in [9.17, 15) is 20.0 Å². The van der Waals surface area contributed by atoms with Gasteiger partial charge < -0.3 is 9.84 Å². The van der Waals surface area contributed by atoms with Crippen molar-refractivity contribution in [3.05, 3.63) is 42.0 Å². The van der Waals surface area contributed by atoms with Crippen LogP contribution in [0.15, 0.2) is 36.4 Å². The first-order valence-corrected chi connectivity index (χ1v) is 11.1. The van der Waals surface area contributed by atoms with Crippen molar-refractivity contribution in [1.82, 2.24) is 0 Å². The average Bonchev–Trinajstić information content (AvgIpc) is 3.38. The van der Waals surface area contributed by atoms with E-state index in [0.717, 1.165) is 36.5 Å². The van der Waals surface area contributed by atoms with E-state index in [1.807, 2.05) is 24.3 Å². The van der Waals surface area contributed by atoms with Crippen LogP contribution in [-0.4, -0.2) is 34.7 Å². The van der Waals surface area contributed by atoms with Gasteiger partial charge in [0.15, 0.2) is 0 Å². The van der Waals surface area contributed by atoms with E-state index < -0.39 is 23.0 Å². The van der Waals surface area contributed by atoms with Crippen molar-refractivity contribution >= 4 is 28.3 Å². The number of amides is 2. The zero-order valence-electron chi connectivity index (χ0n) is 17.6. The van der Waals surface area contributed by atoms with E-state index in [1.165, 1.54) is 4.90 Å². The molecule has 5 rings (SSSR count). The van der Waals surface area contributed by atoms with Crippen molar-refractivity contribution < 1.29 is 19.4 Å². The lowest BCUT2D eigenvalue weighted by molar-refractivity contribution is -0.132. The fourth-order valence-electron chi connectivity index (χ4n) is 6.24. The van der Waals surface area contributed by atoms with Crippen LogP contribution in [0.1, 0.15) is 51.0 Å². The Morgan fingerprint density at radius 3 is 2.32 bits per heavy atom. The average molecular weight is 418 g/mol. The summed E-state index contributed by atoms with van der Waals surface area (Å²) in [6.07, 6.45) is 4.47. The van der Waals surface area contributed by atoms with Crippen LogP contribution in [0, 0.1) is 23.2 Å². The second-order valence-corrected chi connectivity index (χ2v) is 9.07. The minimum Gasteiger partial charge on any atom is -0.396 e. The van der Waals surface area contributed by atoms with Crippen molar-refractivity contribution in [1.29, 1.82) is 5.26 Å². The number of hydrogen-bond donors (Lipinski definition) is 1. The largest absolute Gasteiger partial charge is 0.396 e. The molecule has 0 aliphatic carbocycles. The molecule has 3 heterocycles. The molecule has 2 unspecified atom stereocenters. The Morgan fingerprint density at radius 2 is 1.71 bits per heavy atom. The molecule has 2 aromatic carbocycles. The van der Waals surface area contributed by atoms with Crippen LogP contribution >= 0.6 is 0 Å². The van der Waals surface area contributed by atoms with Gasteiger partial charge in [-0.15, -0.1) is 0 Å². The van der Waals surface area contributed by atoms with Crippen LogP contribution in [0.2, 0.25) is 0 Å². The molecule has 1 N–H and O–H groups in total. The number of nitrogens with zero attached hydrogens (tertiary/aromatic N) is 2. The number of unbranched alkanes of at least 4 members (excludes halogenated alkanes) is 1. The third kappa shape index (κ3) is 2.63. The van der Waals surface area contributed by atoms with E-state index in [-0.39, 0.29) is 18.4 Å². The van der Waals surface area contributed by atoms with Gasteiger partial charge in [0, 0.05) is 23.8 Å². The molecule has 3 aliphatic heterocycles. The van der Waals surface area contributed by atoms with Crippen LogP contribution in [-0.2, 0) is 14.3 Å². The Morgan fingerprint density at radius 1 is 1.06 bits per heavy atom. The number of aliphatic hydroxyl groups excluding tert-OH is 1. The maximum atomic E-state index is 13.8. The molecule has 160 valence electrons. The summed E-state index contributed by atoms with van der Waals surface area (Å²) in [6, 6.07) is 13.0. The molecule has 6 heteroatoms. The molecule has 0 saturated carbocycles. The fourth-order valence-corrected chi connectivity index (χ4v) is 6.24. The van der Waals surface area contributed by atoms with Gasteiger partial charge >= 0.3 is 0 Å². The molecule has 3 fully saturated rings. The highest BCUT2D eigenvalue weighted by atomic mass is 16.5. The Bertz CT molecular complexity index is 1120. The van der Waals surface area contributed by atoms with Crippen molar-refractivity contribution in [2.45, 2.75) is 56.7 Å². The first kappa shape index (κ1) is 20.2. The molecular formula is C25H26N2O4. The molecule has 0 radical (unpaired) electrons. The van der Waals surface area contributed by atoms with E-state index in [4.69, 9.17) is 4.74 Å². The summed E-state index contributed by atoms with van der Waals surface area (Å²) in [7, 11) is 0. The molecule has 4 atom stereocenters. The van der Waals surface area contributed by atoms with E-state index in [1.54, 1.807) is 12.1 Å². The SMILES string of the molecule is CCCCC12CCC(CCO)(O1)[C@@H]1C(=O)N(c3ccc(C#N)c4ccccc34)C(=O)[C@@H]12. The fraction of sp³-hybridized carbons (Fsp3) is 0.480. The van der Waals surface area contributed by atoms with E-state index >= 15 is 0 Å². The maximum absolute atomic E-state index is 13.8. The predicted octanol–water partition coefficient (Wildman–Crippen LogP) is 3.69. The first-order valence-electron chi connectivity index (χ1n) is 11.1. The third-order valence-electron chi connectivity index (χ3n) is 7.57. The smallest absolute Gasteiger partial charge is 0.240 e. The van der Waals surface area contributed by atoms with Crippen LogP contribution in [0.25, 0.3) is 10.8 Å². The summed E-state index contributed by atoms with van der Waals surface area (Å²) >= 11 is 0. The highest BCUT2D eigenvalue weighted by Crippen LogP contribution is 2.64. The summed E-state index contributed by atoms with van der Waals surface area (Å²) in [5.74, 6) is -1.52. The van der Waals surface area contributed by atoms with Crippen molar-refractivity contribution in [2.75, 3.05) is 11.5 Å². The Kier molecular flexibility index (Phi) is 4.65. The number of carbonyl (C=O) groups is 2. The number of benzene rings is 2. The highest BCUT2D eigenvalue weighted by molar-refractivity contribution is 6.26. The lowest BCUT2D eigenvalue weighted by Gasteiger charge is -2.31. The van der Waals surface area contributed by atoms with Crippen LogP contribution in [0.5, 0.6) is 0 Å². The van der Waals surface area contributed by atoms with Gasteiger partial charge in [0.2, 0.25) is 11.8 Å². The maximum Gasteiger partial charge on any atom is 0.240 e. The minimum atomic E-state index is -0.767. The van der Waals surface area contributed by atoms with Gasteiger partial charge in [0.1, 0.15) is 0 Å². The van der Waals surface area contributed by atoms with Crippen LogP contribution in [0.3, 0.4) is 0 Å². The topological polar surface area (TPSA) is 90.6 Å². The first-order chi connectivity index (χ1) is 15.0. The number of nitriles is 1. The molecule has 31 heavy (non-hydrogen) atoms. The molecule has 0 aromatic heterocycles. The van der Waals surface area contributed by atoms with E-state index in [0.29, 0.717) is 24.1 Å². The van der Waals surface area contributed by atoms with Gasteiger partial charge in [0.25, 0.3) is 0 Å². The Labute approximate surface area is 181 Å². The molecule has 6 nitrogen and oxygen atoms in total. The molecule has 0 spiro atoms. The number of carbonyl (C=O) groups excluding carboxylic acids is 2. The number of hydrogen-bond acceptors (Lipinski definition) is 5. The lowest BCUT2D eigenvalue weighted by Crippen LogP contribution is -2.43. The van der Waals surface area contributed by atoms with Gasteiger partial charge in [-0.2, -0.15) is 5.26 Å². The zero-order valence-corrected chi connectivity index (χ0v) is 17.6. The van der Waals surface area contributed by atoms with Crippen LogP contribution in [0.4, 0.5) is 5.69 Å². The molecule has 2 amide bonds.